The van der Waals surface area contributed by atoms with Crippen molar-refractivity contribution in [2.45, 2.75) is 25.4 Å². The summed E-state index contributed by atoms with van der Waals surface area (Å²) in [5.41, 5.74) is 5.50. The Morgan fingerprint density at radius 2 is 2.30 bits per heavy atom. The van der Waals surface area contributed by atoms with Gasteiger partial charge in [0.2, 0.25) is 0 Å². The summed E-state index contributed by atoms with van der Waals surface area (Å²) >= 11 is 0. The quantitative estimate of drug-likeness (QED) is 0.623. The molecule has 0 aliphatic carbocycles. The van der Waals surface area contributed by atoms with E-state index in [9.17, 15) is 4.57 Å². The van der Waals surface area contributed by atoms with Gasteiger partial charge in [-0.15, -0.1) is 0 Å². The highest BCUT2D eigenvalue weighted by Gasteiger charge is 2.11. The first-order valence-electron chi connectivity index (χ1n) is 3.54. The molecule has 0 radical (unpaired) electrons. The topological polar surface area (TPSA) is 52.3 Å². The van der Waals surface area contributed by atoms with Crippen LogP contribution in [0.4, 0.5) is 0 Å². The predicted octanol–water partition coefficient (Wildman–Crippen LogP) is 1.23. The van der Waals surface area contributed by atoms with Gasteiger partial charge in [-0.1, -0.05) is 6.92 Å². The summed E-state index contributed by atoms with van der Waals surface area (Å²) in [6, 6.07) is 0. The Morgan fingerprint density at radius 3 is 2.60 bits per heavy atom. The zero-order valence-corrected chi connectivity index (χ0v) is 7.59. The highest BCUT2D eigenvalue weighted by Crippen LogP contribution is 2.32. The van der Waals surface area contributed by atoms with E-state index in [1.807, 2.05) is 6.92 Å². The van der Waals surface area contributed by atoms with E-state index >= 15 is 0 Å². The molecule has 0 heterocycles. The van der Waals surface area contributed by atoms with Crippen LogP contribution in [0.2, 0.25) is 0 Å². The standard InChI is InChI=1S/C6H16NO2P/c1-3-6(4-5-7)10(8)9-2/h6,10H,3-5,7H2,1-2H3. The molecule has 0 fully saturated rings. The molecule has 62 valence electrons. The van der Waals surface area contributed by atoms with Gasteiger partial charge in [0.25, 0.3) is 0 Å². The van der Waals surface area contributed by atoms with Gasteiger partial charge in [0.05, 0.1) is 0 Å². The zero-order valence-electron chi connectivity index (χ0n) is 6.59. The first-order chi connectivity index (χ1) is 4.76. The fourth-order valence-electron chi connectivity index (χ4n) is 0.856. The summed E-state index contributed by atoms with van der Waals surface area (Å²) in [5.74, 6) is 0. The molecule has 0 spiro atoms. The Hall–Kier alpha value is 0.150. The Balaban J connectivity index is 3.68. The first-order valence-corrected chi connectivity index (χ1v) is 4.93. The third-order valence-electron chi connectivity index (χ3n) is 1.54. The third kappa shape index (κ3) is 3.35. The smallest absolute Gasteiger partial charge is 0.194 e. The van der Waals surface area contributed by atoms with Crippen LogP contribution in [0.3, 0.4) is 0 Å². The van der Waals surface area contributed by atoms with Crippen LogP contribution < -0.4 is 5.73 Å². The maximum atomic E-state index is 11.0. The van der Waals surface area contributed by atoms with Gasteiger partial charge in [-0.25, -0.2) is 0 Å². The van der Waals surface area contributed by atoms with E-state index in [1.54, 1.807) is 0 Å². The van der Waals surface area contributed by atoms with E-state index in [2.05, 4.69) is 0 Å². The summed E-state index contributed by atoms with van der Waals surface area (Å²) in [6.45, 7) is 2.60. The predicted molar refractivity (Wildman–Crippen MR) is 43.8 cm³/mol. The van der Waals surface area contributed by atoms with E-state index < -0.39 is 8.03 Å². The number of nitrogens with two attached hydrogens (primary N) is 1. The molecule has 3 nitrogen and oxygen atoms in total. The summed E-state index contributed by atoms with van der Waals surface area (Å²) in [4.78, 5) is 0. The molecule has 0 aliphatic rings. The Bertz CT molecular complexity index is 108. The lowest BCUT2D eigenvalue weighted by molar-refractivity contribution is 0.401. The first kappa shape index (κ1) is 10.2. The third-order valence-corrected chi connectivity index (χ3v) is 3.31. The van der Waals surface area contributed by atoms with Crippen molar-refractivity contribution in [3.63, 3.8) is 0 Å². The largest absolute Gasteiger partial charge is 0.334 e. The van der Waals surface area contributed by atoms with Crippen molar-refractivity contribution in [3.8, 4) is 0 Å². The molecule has 2 atom stereocenters. The van der Waals surface area contributed by atoms with Crippen LogP contribution in [-0.2, 0) is 9.09 Å². The summed E-state index contributed by atoms with van der Waals surface area (Å²) in [5, 5.41) is 0. The monoisotopic (exact) mass is 165 g/mol. The second-order valence-electron chi connectivity index (χ2n) is 2.21. The molecule has 0 aromatic rings. The van der Waals surface area contributed by atoms with Gasteiger partial charge in [-0.3, -0.25) is 4.57 Å². The molecule has 10 heavy (non-hydrogen) atoms. The van der Waals surface area contributed by atoms with Crippen molar-refractivity contribution in [1.29, 1.82) is 0 Å². The molecule has 0 aromatic heterocycles. The fraction of sp³-hybridized carbons (Fsp3) is 1.00. The van der Waals surface area contributed by atoms with Gasteiger partial charge in [-0.05, 0) is 19.4 Å². The maximum Gasteiger partial charge on any atom is 0.194 e. The Kier molecular flexibility index (Phi) is 5.99. The van der Waals surface area contributed by atoms with E-state index in [1.165, 1.54) is 7.11 Å². The molecule has 2 unspecified atom stereocenters. The lowest BCUT2D eigenvalue weighted by Crippen LogP contribution is -2.09. The van der Waals surface area contributed by atoms with Gasteiger partial charge in [0, 0.05) is 12.8 Å². The minimum absolute atomic E-state index is 0.181. The van der Waals surface area contributed by atoms with Crippen LogP contribution in [0.25, 0.3) is 0 Å². The molecule has 2 N–H and O–H groups in total. The number of rotatable bonds is 5. The molecule has 0 saturated carbocycles. The highest BCUT2D eigenvalue weighted by molar-refractivity contribution is 7.40. The van der Waals surface area contributed by atoms with Gasteiger partial charge in [0.1, 0.15) is 0 Å². The minimum atomic E-state index is -1.81. The van der Waals surface area contributed by atoms with Crippen LogP contribution in [0.5, 0.6) is 0 Å². The van der Waals surface area contributed by atoms with E-state index in [4.69, 9.17) is 10.3 Å². The number of hydrogen-bond acceptors (Lipinski definition) is 3. The molecule has 4 heteroatoms. The van der Waals surface area contributed by atoms with E-state index in [0.29, 0.717) is 6.54 Å². The Labute approximate surface area is 62.8 Å². The minimum Gasteiger partial charge on any atom is -0.334 e. The molecule has 0 aliphatic heterocycles. The van der Waals surface area contributed by atoms with Gasteiger partial charge in [-0.2, -0.15) is 0 Å². The molecule has 0 saturated heterocycles. The average molecular weight is 165 g/mol. The second-order valence-corrected chi connectivity index (χ2v) is 4.07. The maximum absolute atomic E-state index is 11.0. The van der Waals surface area contributed by atoms with Crippen LogP contribution in [-0.4, -0.2) is 19.3 Å². The summed E-state index contributed by atoms with van der Waals surface area (Å²) in [6.07, 6.45) is 1.70. The van der Waals surface area contributed by atoms with Crippen molar-refractivity contribution < 1.29 is 9.09 Å². The average Bonchev–Trinajstić information content (AvgIpc) is 1.99. The molecule has 0 bridgehead atoms. The van der Waals surface area contributed by atoms with Crippen molar-refractivity contribution in [2.75, 3.05) is 13.7 Å². The normalized spacial score (nSPS) is 16.7. The summed E-state index contributed by atoms with van der Waals surface area (Å²) < 4.78 is 15.8. The lowest BCUT2D eigenvalue weighted by atomic mass is 10.2. The fourth-order valence-corrected chi connectivity index (χ4v) is 1.93. The summed E-state index contributed by atoms with van der Waals surface area (Å²) in [7, 11) is -0.324. The molecular weight excluding hydrogens is 149 g/mol. The molecule has 0 aromatic carbocycles. The van der Waals surface area contributed by atoms with Crippen molar-refractivity contribution in [3.05, 3.63) is 0 Å². The zero-order chi connectivity index (χ0) is 7.98. The highest BCUT2D eigenvalue weighted by atomic mass is 31.1. The number of hydrogen-bond donors (Lipinski definition) is 1. The van der Waals surface area contributed by atoms with Gasteiger partial charge < -0.3 is 10.3 Å². The van der Waals surface area contributed by atoms with Gasteiger partial charge >= 0.3 is 0 Å². The lowest BCUT2D eigenvalue weighted by Gasteiger charge is -2.10. The van der Waals surface area contributed by atoms with Crippen LogP contribution in [0, 0.1) is 0 Å². The van der Waals surface area contributed by atoms with Crippen LogP contribution in [0.15, 0.2) is 0 Å². The second kappa shape index (κ2) is 5.90. The van der Waals surface area contributed by atoms with Crippen LogP contribution in [0.1, 0.15) is 19.8 Å². The van der Waals surface area contributed by atoms with E-state index in [0.717, 1.165) is 12.8 Å². The molecule has 0 amide bonds. The van der Waals surface area contributed by atoms with Crippen molar-refractivity contribution in [2.24, 2.45) is 5.73 Å². The van der Waals surface area contributed by atoms with Gasteiger partial charge in [0.15, 0.2) is 8.03 Å². The SMILES string of the molecule is CCC(CCN)[PH](=O)OC. The molecular formula is C6H16NO2P. The molecule has 0 rings (SSSR count). The van der Waals surface area contributed by atoms with Crippen molar-refractivity contribution >= 4 is 8.03 Å². The van der Waals surface area contributed by atoms with E-state index in [-0.39, 0.29) is 5.66 Å². The van der Waals surface area contributed by atoms with Crippen LogP contribution >= 0.6 is 8.03 Å². The van der Waals surface area contributed by atoms with Crippen molar-refractivity contribution in [1.82, 2.24) is 0 Å². The Morgan fingerprint density at radius 1 is 1.70 bits per heavy atom.